The number of hydrogen-bond donors (Lipinski definition) is 0. The summed E-state index contributed by atoms with van der Waals surface area (Å²) in [5.74, 6) is 0. The third-order valence-electron chi connectivity index (χ3n) is 10.6. The van der Waals surface area contributed by atoms with Crippen molar-refractivity contribution in [2.24, 2.45) is 4.99 Å². The maximum absolute atomic E-state index is 6.36. The second-order valence-corrected chi connectivity index (χ2v) is 14.1. The molecule has 6 heteroatoms. The molecule has 2 aromatic heterocycles. The number of hydrogen-bond acceptors (Lipinski definition) is 4. The summed E-state index contributed by atoms with van der Waals surface area (Å²) in [6.07, 6.45) is 1.88. The molecule has 56 heavy (non-hydrogen) atoms. The van der Waals surface area contributed by atoms with Crippen molar-refractivity contribution < 1.29 is 25.5 Å². The van der Waals surface area contributed by atoms with Crippen LogP contribution in [0.1, 0.15) is 16.7 Å². The topological polar surface area (TPSA) is 41.6 Å². The molecule has 10 rings (SSSR count). The van der Waals surface area contributed by atoms with E-state index < -0.39 is 0 Å². The first-order valence-electron chi connectivity index (χ1n) is 18.6. The Morgan fingerprint density at radius 3 is 2.07 bits per heavy atom. The number of aliphatic imine (C=N–C) groups is 1. The van der Waals surface area contributed by atoms with Gasteiger partial charge in [0, 0.05) is 28.3 Å². The molecule has 0 atom stereocenters. The Bertz CT molecular complexity index is 2920. The minimum absolute atomic E-state index is 0. The molecule has 0 fully saturated rings. The second kappa shape index (κ2) is 14.7. The van der Waals surface area contributed by atoms with Crippen molar-refractivity contribution in [2.75, 3.05) is 4.90 Å². The Morgan fingerprint density at radius 2 is 1.25 bits per heavy atom. The first-order chi connectivity index (χ1) is 27.1. The summed E-state index contributed by atoms with van der Waals surface area (Å²) in [7, 11) is 0. The fourth-order valence-electron chi connectivity index (χ4n) is 8.04. The van der Waals surface area contributed by atoms with E-state index in [0.717, 1.165) is 94.8 Å². The predicted molar refractivity (Wildman–Crippen MR) is 228 cm³/mol. The molecule has 0 aliphatic carbocycles. The molecule has 0 saturated heterocycles. The molecule has 0 spiro atoms. The van der Waals surface area contributed by atoms with Gasteiger partial charge in [0.25, 0.3) is 0 Å². The number of para-hydroxylation sites is 3. The third-order valence-corrected chi connectivity index (χ3v) is 10.6. The number of rotatable bonds is 7. The van der Waals surface area contributed by atoms with E-state index >= 15 is 0 Å². The van der Waals surface area contributed by atoms with E-state index in [9.17, 15) is 0 Å². The summed E-state index contributed by atoms with van der Waals surface area (Å²) in [4.78, 5) is 12.4. The average Bonchev–Trinajstić information content (AvgIpc) is 3.81. The fraction of sp³-hybridized carbons (Fsp3) is 0.0400. The zero-order chi connectivity index (χ0) is 36.9. The summed E-state index contributed by atoms with van der Waals surface area (Å²) in [6.45, 7) is 4.23. The van der Waals surface area contributed by atoms with Gasteiger partial charge in [0.2, 0.25) is 6.71 Å². The van der Waals surface area contributed by atoms with Gasteiger partial charge in [0.05, 0.1) is 0 Å². The number of nitrogens with zero attached hydrogens (tertiary/aromatic N) is 3. The van der Waals surface area contributed by atoms with Gasteiger partial charge >= 0.3 is 21.1 Å². The largest absolute Gasteiger partial charge is 2.00 e. The van der Waals surface area contributed by atoms with Gasteiger partial charge in [-0.3, -0.25) is 0 Å². The van der Waals surface area contributed by atoms with Crippen LogP contribution in [0.5, 0.6) is 0 Å². The van der Waals surface area contributed by atoms with Crippen LogP contribution in [-0.2, 0) is 21.1 Å². The van der Waals surface area contributed by atoms with E-state index in [4.69, 9.17) is 14.4 Å². The molecule has 268 valence electrons. The van der Waals surface area contributed by atoms with Crippen molar-refractivity contribution in [3.05, 3.63) is 199 Å². The molecule has 9 aromatic rings. The molecule has 0 bridgehead atoms. The summed E-state index contributed by atoms with van der Waals surface area (Å²) in [5.41, 5.74) is 16.2. The van der Waals surface area contributed by atoms with E-state index in [0.29, 0.717) is 0 Å². The average molecular weight is 899 g/mol. The van der Waals surface area contributed by atoms with Crippen molar-refractivity contribution in [1.82, 2.24) is 4.98 Å². The minimum atomic E-state index is -0.0909. The van der Waals surface area contributed by atoms with Crippen LogP contribution in [0.25, 0.3) is 44.3 Å². The van der Waals surface area contributed by atoms with Gasteiger partial charge in [-0.15, -0.1) is 59.7 Å². The SMILES string of the molecule is Cc1cccc(C)c1N(c1[c-]c(C2=Nc3ccccc3B2c2ccc3c(c2)oc2ccccc23)ccc1)c1[c-]c(-c2cc(-c3ccccc3)ccn2)ccc1.[Pt+2]. The molecule has 0 saturated carbocycles. The van der Waals surface area contributed by atoms with E-state index in [-0.39, 0.29) is 27.8 Å². The molecule has 1 aliphatic rings. The molecule has 4 nitrogen and oxygen atoms in total. The molecule has 0 N–H and O–H groups in total. The molecule has 0 unspecified atom stereocenters. The van der Waals surface area contributed by atoms with E-state index in [2.05, 4.69) is 176 Å². The molecule has 0 amide bonds. The van der Waals surface area contributed by atoms with Crippen molar-refractivity contribution >= 4 is 67.9 Å². The van der Waals surface area contributed by atoms with Crippen LogP contribution >= 0.6 is 0 Å². The van der Waals surface area contributed by atoms with Crippen LogP contribution in [0, 0.1) is 26.0 Å². The Hall–Kier alpha value is -6.29. The first kappa shape index (κ1) is 35.4. The summed E-state index contributed by atoms with van der Waals surface area (Å²) in [6, 6.07) is 64.6. The molecular formula is C50H34BN3OPt. The van der Waals surface area contributed by atoms with Gasteiger partial charge in [-0.25, -0.2) is 0 Å². The fourth-order valence-corrected chi connectivity index (χ4v) is 8.04. The quantitative estimate of drug-likeness (QED) is 0.118. The number of aromatic nitrogens is 1. The Labute approximate surface area is 341 Å². The van der Waals surface area contributed by atoms with Crippen LogP contribution < -0.4 is 15.8 Å². The molecule has 0 radical (unpaired) electrons. The smallest absolute Gasteiger partial charge is 0.456 e. The van der Waals surface area contributed by atoms with Gasteiger partial charge in [-0.05, 0) is 83.0 Å². The van der Waals surface area contributed by atoms with Crippen LogP contribution in [-0.4, -0.2) is 17.3 Å². The van der Waals surface area contributed by atoms with Crippen LogP contribution in [0.15, 0.2) is 179 Å². The van der Waals surface area contributed by atoms with Crippen molar-refractivity contribution in [3.63, 3.8) is 0 Å². The summed E-state index contributed by atoms with van der Waals surface area (Å²) in [5, 5.41) is 2.24. The maximum atomic E-state index is 6.36. The first-order valence-corrected chi connectivity index (χ1v) is 18.6. The molecule has 7 aromatic carbocycles. The predicted octanol–water partition coefficient (Wildman–Crippen LogP) is 11.3. The number of furan rings is 1. The second-order valence-electron chi connectivity index (χ2n) is 14.1. The standard InChI is InChI=1S/C50H34BN3O.Pt/c1-33-13-10-14-34(2)49(33)54(40-19-11-17-37(29-40)46-31-36(27-28-52-46)35-15-4-3-5-16-35)41-20-12-18-38(30-41)50-51(44-22-7-8-23-45(44)53-50)39-25-26-43-42-21-6-9-24-47(42)55-48(43)32-39;/h3-28,31-32H,1-2H3;/q-2;+2. The monoisotopic (exact) mass is 898 g/mol. The Morgan fingerprint density at radius 1 is 0.571 bits per heavy atom. The van der Waals surface area contributed by atoms with Crippen LogP contribution in [0.4, 0.5) is 22.7 Å². The van der Waals surface area contributed by atoms with Gasteiger partial charge in [-0.2, -0.15) is 0 Å². The summed E-state index contributed by atoms with van der Waals surface area (Å²) >= 11 is 0. The van der Waals surface area contributed by atoms with Crippen molar-refractivity contribution in [3.8, 4) is 22.4 Å². The Kier molecular flexibility index (Phi) is 9.33. The van der Waals surface area contributed by atoms with E-state index in [1.54, 1.807) is 0 Å². The van der Waals surface area contributed by atoms with E-state index in [1.165, 1.54) is 5.46 Å². The van der Waals surface area contributed by atoms with Gasteiger partial charge in [0.15, 0.2) is 0 Å². The minimum Gasteiger partial charge on any atom is -0.456 e. The summed E-state index contributed by atoms with van der Waals surface area (Å²) < 4.78 is 6.36. The number of anilines is 3. The molecular weight excluding hydrogens is 864 g/mol. The van der Waals surface area contributed by atoms with Gasteiger partial charge in [-0.1, -0.05) is 114 Å². The van der Waals surface area contributed by atoms with Crippen molar-refractivity contribution in [1.29, 1.82) is 0 Å². The zero-order valence-electron chi connectivity index (χ0n) is 30.8. The molecule has 3 heterocycles. The third kappa shape index (κ3) is 6.28. The van der Waals surface area contributed by atoms with E-state index in [1.807, 2.05) is 24.4 Å². The number of aryl methyl sites for hydroxylation is 2. The number of fused-ring (bicyclic) bond motifs is 4. The molecule has 1 aliphatic heterocycles. The Balaban J connectivity index is 0.00000410. The number of pyridine rings is 1. The number of benzene rings is 7. The van der Waals surface area contributed by atoms with Crippen molar-refractivity contribution in [2.45, 2.75) is 13.8 Å². The zero-order valence-corrected chi connectivity index (χ0v) is 33.1. The van der Waals surface area contributed by atoms with Crippen LogP contribution in [0.3, 0.4) is 0 Å². The van der Waals surface area contributed by atoms with Crippen LogP contribution in [0.2, 0.25) is 0 Å². The van der Waals surface area contributed by atoms with Gasteiger partial charge < -0.3 is 19.3 Å². The maximum Gasteiger partial charge on any atom is 2.00 e. The van der Waals surface area contributed by atoms with Gasteiger partial charge in [0.1, 0.15) is 11.2 Å². The normalized spacial score (nSPS) is 12.0.